The minimum Gasteiger partial charge on any atom is -0.310 e. The number of aryl methyl sites for hydroxylation is 1. The maximum absolute atomic E-state index is 13.0. The summed E-state index contributed by atoms with van der Waals surface area (Å²) >= 11 is 3.01. The van der Waals surface area contributed by atoms with Crippen molar-refractivity contribution < 1.29 is 9.59 Å². The Hall–Kier alpha value is -3.42. The predicted octanol–water partition coefficient (Wildman–Crippen LogP) is 5.37. The molecule has 0 N–H and O–H groups in total. The number of thiazole rings is 1. The van der Waals surface area contributed by atoms with Crippen molar-refractivity contribution in [3.8, 4) is 10.7 Å². The summed E-state index contributed by atoms with van der Waals surface area (Å²) in [5, 5.41) is 4.52. The summed E-state index contributed by atoms with van der Waals surface area (Å²) in [7, 11) is 1.92. The number of hydrogen-bond donors (Lipinski definition) is 0. The fourth-order valence-corrected chi connectivity index (χ4v) is 5.50. The maximum Gasteiger partial charge on any atom is 0.197 e. The molecule has 0 aliphatic heterocycles. The highest BCUT2D eigenvalue weighted by Gasteiger charge is 2.33. The molecular formula is C23H13N3O2S2. The molecule has 30 heavy (non-hydrogen) atoms. The Morgan fingerprint density at radius 2 is 1.63 bits per heavy atom. The van der Waals surface area contributed by atoms with Crippen LogP contribution in [0.2, 0.25) is 0 Å². The third-order valence-corrected chi connectivity index (χ3v) is 7.08. The molecule has 2 aromatic carbocycles. The highest BCUT2D eigenvalue weighted by molar-refractivity contribution is 7.19. The highest BCUT2D eigenvalue weighted by atomic mass is 32.1. The lowest BCUT2D eigenvalue weighted by atomic mass is 10.0. The highest BCUT2D eigenvalue weighted by Crippen LogP contribution is 2.34. The first kappa shape index (κ1) is 17.4. The summed E-state index contributed by atoms with van der Waals surface area (Å²) in [6.07, 6.45) is 1.60. The SMILES string of the molecule is Cn1c(-c2cccs2)nc2sc(C=C3C(=O)c4cc5ccccc5cc4C3=O)nc21. The molecule has 3 heterocycles. The second-order valence-corrected chi connectivity index (χ2v) is 9.07. The number of nitrogens with zero attached hydrogens (tertiary/aromatic N) is 3. The van der Waals surface area contributed by atoms with Crippen LogP contribution in [-0.2, 0) is 7.05 Å². The summed E-state index contributed by atoms with van der Waals surface area (Å²) in [5.41, 5.74) is 1.84. The Morgan fingerprint density at radius 1 is 0.933 bits per heavy atom. The number of Topliss-reactive ketones (excluding diaryl/α,β-unsaturated/α-hetero) is 2. The molecule has 1 aliphatic rings. The van der Waals surface area contributed by atoms with Crippen molar-refractivity contribution in [2.45, 2.75) is 0 Å². The lowest BCUT2D eigenvalue weighted by Crippen LogP contribution is -2.00. The van der Waals surface area contributed by atoms with Gasteiger partial charge in [-0.2, -0.15) is 0 Å². The molecule has 0 saturated heterocycles. The topological polar surface area (TPSA) is 64.8 Å². The zero-order valence-electron chi connectivity index (χ0n) is 15.7. The average molecular weight is 428 g/mol. The number of hydrogen-bond acceptors (Lipinski definition) is 6. The minimum atomic E-state index is -0.243. The van der Waals surface area contributed by atoms with Gasteiger partial charge in [-0.25, -0.2) is 9.97 Å². The van der Waals surface area contributed by atoms with Gasteiger partial charge in [-0.05, 0) is 40.4 Å². The van der Waals surface area contributed by atoms with Crippen LogP contribution in [-0.4, -0.2) is 26.1 Å². The van der Waals surface area contributed by atoms with Crippen LogP contribution in [0, 0.1) is 0 Å². The summed E-state index contributed by atoms with van der Waals surface area (Å²) in [6, 6.07) is 15.4. The number of carbonyl (C=O) groups is 2. The van der Waals surface area contributed by atoms with Crippen molar-refractivity contribution in [1.82, 2.24) is 14.5 Å². The average Bonchev–Trinajstić information content (AvgIpc) is 3.51. The number of benzene rings is 2. The summed E-state index contributed by atoms with van der Waals surface area (Å²) in [5.74, 6) is 0.379. The number of ketones is 2. The van der Waals surface area contributed by atoms with Gasteiger partial charge in [0.05, 0.1) is 10.5 Å². The molecule has 0 unspecified atom stereocenters. The zero-order chi connectivity index (χ0) is 20.4. The van der Waals surface area contributed by atoms with Crippen molar-refractivity contribution in [2.24, 2.45) is 7.05 Å². The van der Waals surface area contributed by atoms with Crippen molar-refractivity contribution in [3.63, 3.8) is 0 Å². The molecule has 3 aromatic heterocycles. The van der Waals surface area contributed by atoms with Gasteiger partial charge < -0.3 is 4.57 Å². The largest absolute Gasteiger partial charge is 0.310 e. The molecule has 6 rings (SSSR count). The number of imidazole rings is 1. The van der Waals surface area contributed by atoms with E-state index >= 15 is 0 Å². The van der Waals surface area contributed by atoms with Crippen LogP contribution in [0.4, 0.5) is 0 Å². The standard InChI is InChI=1S/C23H13N3O2S2/c1-26-21(17-7-4-8-29-17)25-23-22(26)24-18(30-23)11-16-19(27)14-9-12-5-2-3-6-13(12)10-15(14)20(16)28/h2-11H,1H3. The van der Waals surface area contributed by atoms with Crippen LogP contribution in [0.3, 0.4) is 0 Å². The number of aromatic nitrogens is 3. The molecule has 5 aromatic rings. The number of rotatable bonds is 2. The fraction of sp³-hybridized carbons (Fsp3) is 0.0435. The van der Waals surface area contributed by atoms with Crippen molar-refractivity contribution in [2.75, 3.05) is 0 Å². The van der Waals surface area contributed by atoms with Gasteiger partial charge in [0.25, 0.3) is 0 Å². The number of carbonyl (C=O) groups excluding carboxylic acids is 2. The number of allylic oxidation sites excluding steroid dienone is 1. The quantitative estimate of drug-likeness (QED) is 0.280. The molecular weight excluding hydrogens is 414 g/mol. The summed E-state index contributed by atoms with van der Waals surface area (Å²) in [6.45, 7) is 0. The van der Waals surface area contributed by atoms with E-state index in [1.807, 2.05) is 53.4 Å². The second-order valence-electron chi connectivity index (χ2n) is 7.11. The van der Waals surface area contributed by atoms with Gasteiger partial charge in [-0.3, -0.25) is 9.59 Å². The van der Waals surface area contributed by atoms with Gasteiger partial charge in [-0.1, -0.05) is 41.7 Å². The van der Waals surface area contributed by atoms with E-state index in [2.05, 4.69) is 4.98 Å². The van der Waals surface area contributed by atoms with Crippen LogP contribution in [0.1, 0.15) is 25.7 Å². The van der Waals surface area contributed by atoms with Crippen LogP contribution in [0.25, 0.3) is 38.0 Å². The Morgan fingerprint density at radius 3 is 2.23 bits per heavy atom. The van der Waals surface area contributed by atoms with E-state index in [1.54, 1.807) is 29.5 Å². The molecule has 0 radical (unpaired) electrons. The molecule has 1 aliphatic carbocycles. The first-order valence-electron chi connectivity index (χ1n) is 9.31. The zero-order valence-corrected chi connectivity index (χ0v) is 17.4. The molecule has 144 valence electrons. The van der Waals surface area contributed by atoms with E-state index in [-0.39, 0.29) is 17.1 Å². The van der Waals surface area contributed by atoms with E-state index in [9.17, 15) is 9.59 Å². The Labute approximate surface area is 179 Å². The predicted molar refractivity (Wildman–Crippen MR) is 120 cm³/mol. The number of thiophene rings is 1. The first-order valence-corrected chi connectivity index (χ1v) is 11.0. The third-order valence-electron chi connectivity index (χ3n) is 5.33. The van der Waals surface area contributed by atoms with Crippen LogP contribution < -0.4 is 0 Å². The second kappa shape index (κ2) is 6.29. The maximum atomic E-state index is 13.0. The summed E-state index contributed by atoms with van der Waals surface area (Å²) < 4.78 is 1.94. The lowest BCUT2D eigenvalue weighted by Gasteiger charge is -2.00. The van der Waals surface area contributed by atoms with E-state index in [0.29, 0.717) is 16.1 Å². The Bertz CT molecular complexity index is 1480. The number of fused-ring (bicyclic) bond motifs is 3. The molecule has 7 heteroatoms. The van der Waals surface area contributed by atoms with E-state index in [4.69, 9.17) is 4.98 Å². The van der Waals surface area contributed by atoms with Gasteiger partial charge in [0.1, 0.15) is 5.01 Å². The lowest BCUT2D eigenvalue weighted by molar-refractivity contribution is 0.0990. The first-order chi connectivity index (χ1) is 14.6. The Balaban J connectivity index is 1.43. The van der Waals surface area contributed by atoms with Crippen LogP contribution in [0.15, 0.2) is 59.5 Å². The van der Waals surface area contributed by atoms with Crippen LogP contribution >= 0.6 is 22.7 Å². The van der Waals surface area contributed by atoms with Gasteiger partial charge in [0.2, 0.25) is 0 Å². The molecule has 0 amide bonds. The third kappa shape index (κ3) is 2.46. The molecule has 0 fully saturated rings. The van der Waals surface area contributed by atoms with E-state index in [0.717, 1.165) is 32.0 Å². The van der Waals surface area contributed by atoms with E-state index in [1.165, 1.54) is 11.3 Å². The van der Waals surface area contributed by atoms with Gasteiger partial charge >= 0.3 is 0 Å². The van der Waals surface area contributed by atoms with Crippen molar-refractivity contribution >= 4 is 61.6 Å². The van der Waals surface area contributed by atoms with Crippen molar-refractivity contribution in [1.29, 1.82) is 0 Å². The summed E-state index contributed by atoms with van der Waals surface area (Å²) in [4.78, 5) is 37.1. The Kier molecular flexibility index (Phi) is 3.65. The monoisotopic (exact) mass is 427 g/mol. The molecule has 0 saturated carbocycles. The minimum absolute atomic E-state index is 0.165. The van der Waals surface area contributed by atoms with Gasteiger partial charge in [-0.15, -0.1) is 11.3 Å². The van der Waals surface area contributed by atoms with Crippen LogP contribution in [0.5, 0.6) is 0 Å². The van der Waals surface area contributed by atoms with Gasteiger partial charge in [0.15, 0.2) is 27.9 Å². The van der Waals surface area contributed by atoms with Gasteiger partial charge in [0, 0.05) is 18.2 Å². The smallest absolute Gasteiger partial charge is 0.197 e. The molecule has 0 spiro atoms. The van der Waals surface area contributed by atoms with E-state index < -0.39 is 0 Å². The molecule has 5 nitrogen and oxygen atoms in total. The van der Waals surface area contributed by atoms with Crippen molar-refractivity contribution in [3.05, 3.63) is 75.6 Å². The molecule has 0 atom stereocenters. The molecule has 0 bridgehead atoms. The normalized spacial score (nSPS) is 13.6. The fourth-order valence-electron chi connectivity index (χ4n) is 3.83.